The summed E-state index contributed by atoms with van der Waals surface area (Å²) in [6, 6.07) is 1.70. The van der Waals surface area contributed by atoms with E-state index in [1.165, 1.54) is 12.8 Å². The number of aliphatic hydroxyl groups excluding tert-OH is 1. The van der Waals surface area contributed by atoms with Gasteiger partial charge in [-0.15, -0.1) is 0 Å². The molecule has 1 amide bonds. The Morgan fingerprint density at radius 2 is 2.00 bits per heavy atom. The molecule has 1 aromatic rings. The lowest BCUT2D eigenvalue weighted by molar-refractivity contribution is 0.0997. The second-order valence-electron chi connectivity index (χ2n) is 7.72. The highest BCUT2D eigenvalue weighted by Crippen LogP contribution is 2.54. The van der Waals surface area contributed by atoms with E-state index in [1.807, 2.05) is 0 Å². The van der Waals surface area contributed by atoms with Crippen LogP contribution in [0, 0.1) is 5.41 Å². The van der Waals surface area contributed by atoms with Crippen LogP contribution in [0.3, 0.4) is 0 Å². The maximum absolute atomic E-state index is 12.2. The van der Waals surface area contributed by atoms with Crippen LogP contribution in [-0.2, 0) is 16.4 Å². The van der Waals surface area contributed by atoms with Crippen LogP contribution in [0.15, 0.2) is 6.07 Å². The summed E-state index contributed by atoms with van der Waals surface area (Å²) in [4.78, 5) is 14.3. The van der Waals surface area contributed by atoms with Gasteiger partial charge in [0.15, 0.2) is 0 Å². The van der Waals surface area contributed by atoms with E-state index in [9.17, 15) is 13.2 Å². The second kappa shape index (κ2) is 6.56. The van der Waals surface area contributed by atoms with Crippen LogP contribution in [0.5, 0.6) is 5.75 Å². The third kappa shape index (κ3) is 3.45. The summed E-state index contributed by atoms with van der Waals surface area (Å²) in [6.45, 7) is 1.52. The van der Waals surface area contributed by atoms with E-state index in [0.717, 1.165) is 25.9 Å². The van der Waals surface area contributed by atoms with Gasteiger partial charge in [0.1, 0.15) is 11.3 Å². The minimum atomic E-state index is -3.69. The van der Waals surface area contributed by atoms with Crippen LogP contribution >= 0.6 is 0 Å². The van der Waals surface area contributed by atoms with E-state index in [2.05, 4.69) is 9.62 Å². The number of benzene rings is 1. The molecular formula is C18H25N3O5S. The van der Waals surface area contributed by atoms with Crippen LogP contribution in [0.2, 0.25) is 0 Å². The van der Waals surface area contributed by atoms with Gasteiger partial charge < -0.3 is 20.5 Å². The van der Waals surface area contributed by atoms with E-state index in [4.69, 9.17) is 15.6 Å². The molecule has 1 aliphatic carbocycles. The quantitative estimate of drug-likeness (QED) is 0.656. The fourth-order valence-corrected chi connectivity index (χ4v) is 5.02. The number of nitrogens with zero attached hydrogens (tertiary/aromatic N) is 1. The van der Waals surface area contributed by atoms with Gasteiger partial charge in [-0.2, -0.15) is 0 Å². The number of hydrogen-bond acceptors (Lipinski definition) is 6. The monoisotopic (exact) mass is 395 g/mol. The minimum Gasteiger partial charge on any atom is -0.492 e. The highest BCUT2D eigenvalue weighted by Gasteiger charge is 2.45. The van der Waals surface area contributed by atoms with E-state index in [1.54, 1.807) is 6.07 Å². The highest BCUT2D eigenvalue weighted by atomic mass is 32.2. The van der Waals surface area contributed by atoms with Crippen molar-refractivity contribution in [3.8, 4) is 5.75 Å². The van der Waals surface area contributed by atoms with E-state index in [-0.39, 0.29) is 5.75 Å². The number of sulfonamides is 1. The molecule has 0 unspecified atom stereocenters. The molecule has 0 atom stereocenters. The molecule has 148 valence electrons. The van der Waals surface area contributed by atoms with Crippen molar-refractivity contribution < 1.29 is 23.1 Å². The Morgan fingerprint density at radius 3 is 2.59 bits per heavy atom. The summed E-state index contributed by atoms with van der Waals surface area (Å²) in [5.74, 6) is -0.574. The van der Waals surface area contributed by atoms with Gasteiger partial charge in [0.25, 0.3) is 5.91 Å². The van der Waals surface area contributed by atoms with Gasteiger partial charge in [0.05, 0.1) is 30.3 Å². The number of nitrogens with one attached hydrogen (secondary N) is 1. The zero-order valence-corrected chi connectivity index (χ0v) is 16.0. The average Bonchev–Trinajstić information content (AvgIpc) is 3.16. The topological polar surface area (TPSA) is 122 Å². The predicted molar refractivity (Wildman–Crippen MR) is 102 cm³/mol. The number of primary amides is 1. The molecule has 1 saturated carbocycles. The van der Waals surface area contributed by atoms with Gasteiger partial charge in [0, 0.05) is 25.1 Å². The van der Waals surface area contributed by atoms with Gasteiger partial charge in [-0.3, -0.25) is 9.52 Å². The van der Waals surface area contributed by atoms with Crippen molar-refractivity contribution in [2.45, 2.75) is 32.1 Å². The number of ether oxygens (including phenoxy) is 1. The van der Waals surface area contributed by atoms with Gasteiger partial charge in [-0.1, -0.05) is 0 Å². The van der Waals surface area contributed by atoms with Crippen molar-refractivity contribution in [2.75, 3.05) is 41.7 Å². The largest absolute Gasteiger partial charge is 0.492 e. The standard InChI is InChI=1S/C18H25N3O5S/c19-17(23)15-14(21-6-4-18(2-3-18)5-7-21)11-13(12-1-9-26-16(12)15)20-27(24,25)10-8-22/h11,20,22H,1-10H2,(H2,19,23). The smallest absolute Gasteiger partial charge is 0.254 e. The average molecular weight is 395 g/mol. The Kier molecular flexibility index (Phi) is 4.46. The number of nitrogens with two attached hydrogens (primary N) is 1. The number of carbonyl (C=O) groups excluding carboxylic acids is 1. The molecule has 1 aromatic carbocycles. The first-order valence-corrected chi connectivity index (χ1v) is 11.0. The summed E-state index contributed by atoms with van der Waals surface area (Å²) in [5, 5.41) is 8.99. The molecule has 2 fully saturated rings. The molecule has 8 nitrogen and oxygen atoms in total. The van der Waals surface area contributed by atoms with Crippen LogP contribution in [0.1, 0.15) is 41.6 Å². The number of anilines is 2. The number of amides is 1. The second-order valence-corrected chi connectivity index (χ2v) is 9.56. The molecular weight excluding hydrogens is 370 g/mol. The number of fused-ring (bicyclic) bond motifs is 1. The summed E-state index contributed by atoms with van der Waals surface area (Å²) in [7, 11) is -3.69. The first kappa shape index (κ1) is 18.4. The maximum Gasteiger partial charge on any atom is 0.254 e. The van der Waals surface area contributed by atoms with Crippen molar-refractivity contribution in [3.63, 3.8) is 0 Å². The number of hydrogen-bond donors (Lipinski definition) is 3. The van der Waals surface area contributed by atoms with E-state index >= 15 is 0 Å². The van der Waals surface area contributed by atoms with Crippen molar-refractivity contribution in [3.05, 3.63) is 17.2 Å². The molecule has 1 spiro atoms. The van der Waals surface area contributed by atoms with E-state index < -0.39 is 22.5 Å². The van der Waals surface area contributed by atoms with Crippen LogP contribution in [-0.4, -0.2) is 51.5 Å². The molecule has 4 rings (SSSR count). The van der Waals surface area contributed by atoms with Crippen LogP contribution in [0.4, 0.5) is 11.4 Å². The summed E-state index contributed by atoms with van der Waals surface area (Å²) in [5.41, 5.74) is 8.15. The summed E-state index contributed by atoms with van der Waals surface area (Å²) in [6.07, 6.45) is 5.16. The minimum absolute atomic E-state index is 0.333. The highest BCUT2D eigenvalue weighted by molar-refractivity contribution is 7.92. The zero-order valence-electron chi connectivity index (χ0n) is 15.2. The lowest BCUT2D eigenvalue weighted by Gasteiger charge is -2.35. The Balaban J connectivity index is 1.74. The Labute approximate surface area is 158 Å². The van der Waals surface area contributed by atoms with Crippen molar-refractivity contribution >= 4 is 27.3 Å². The Morgan fingerprint density at radius 1 is 1.30 bits per heavy atom. The number of aliphatic hydroxyl groups is 1. The lowest BCUT2D eigenvalue weighted by Crippen LogP contribution is -2.36. The van der Waals surface area contributed by atoms with Crippen LogP contribution < -0.4 is 20.1 Å². The fraction of sp³-hybridized carbons (Fsp3) is 0.611. The van der Waals surface area contributed by atoms with Crippen molar-refractivity contribution in [2.24, 2.45) is 11.1 Å². The van der Waals surface area contributed by atoms with Gasteiger partial charge >= 0.3 is 0 Å². The molecule has 2 heterocycles. The first-order chi connectivity index (χ1) is 12.8. The van der Waals surface area contributed by atoms with Crippen molar-refractivity contribution in [1.29, 1.82) is 0 Å². The molecule has 3 aliphatic rings. The van der Waals surface area contributed by atoms with Gasteiger partial charge in [-0.25, -0.2) is 8.42 Å². The van der Waals surface area contributed by atoms with Gasteiger partial charge in [0.2, 0.25) is 10.0 Å². The SMILES string of the molecule is NC(=O)c1c(N2CCC3(CC2)CC3)cc(NS(=O)(=O)CCO)c2c1OCC2. The predicted octanol–water partition coefficient (Wildman–Crippen LogP) is 0.835. The Hall–Kier alpha value is -2.00. The zero-order chi connectivity index (χ0) is 19.2. The maximum atomic E-state index is 12.2. The lowest BCUT2D eigenvalue weighted by atomic mass is 9.92. The molecule has 9 heteroatoms. The normalized spacial score (nSPS) is 20.3. The molecule has 0 bridgehead atoms. The molecule has 4 N–H and O–H groups in total. The molecule has 0 radical (unpaired) electrons. The van der Waals surface area contributed by atoms with Gasteiger partial charge in [-0.05, 0) is 37.2 Å². The third-order valence-corrected chi connectivity index (χ3v) is 7.21. The Bertz CT molecular complexity index is 869. The fourth-order valence-electron chi connectivity index (χ4n) is 4.16. The number of rotatable bonds is 6. The summed E-state index contributed by atoms with van der Waals surface area (Å²) < 4.78 is 32.6. The molecule has 1 saturated heterocycles. The first-order valence-electron chi connectivity index (χ1n) is 9.33. The summed E-state index contributed by atoms with van der Waals surface area (Å²) >= 11 is 0. The third-order valence-electron chi connectivity index (χ3n) is 5.96. The van der Waals surface area contributed by atoms with Crippen molar-refractivity contribution in [1.82, 2.24) is 0 Å². The number of piperidine rings is 1. The van der Waals surface area contributed by atoms with Crippen LogP contribution in [0.25, 0.3) is 0 Å². The molecule has 2 aliphatic heterocycles. The van der Waals surface area contributed by atoms with E-state index in [0.29, 0.717) is 46.7 Å². The molecule has 0 aromatic heterocycles. The molecule has 27 heavy (non-hydrogen) atoms. The number of carbonyl (C=O) groups is 1.